The summed E-state index contributed by atoms with van der Waals surface area (Å²) in [7, 11) is 0. The molecule has 1 aromatic heterocycles. The van der Waals surface area contributed by atoms with Gasteiger partial charge in [0.1, 0.15) is 4.88 Å². The molecule has 0 N–H and O–H groups in total. The summed E-state index contributed by atoms with van der Waals surface area (Å²) in [5.41, 5.74) is 0. The molecule has 13 heavy (non-hydrogen) atoms. The molecule has 5 heteroatoms. The van der Waals surface area contributed by atoms with Crippen LogP contribution in [0.15, 0.2) is 6.20 Å². The Kier molecular flexibility index (Phi) is 2.55. The van der Waals surface area contributed by atoms with Gasteiger partial charge in [-0.2, -0.15) is 0 Å². The molecule has 1 aromatic rings. The van der Waals surface area contributed by atoms with E-state index in [2.05, 4.69) is 4.98 Å². The largest absolute Gasteiger partial charge is 0.328 e. The molecule has 2 heterocycles. The van der Waals surface area contributed by atoms with E-state index in [1.807, 2.05) is 11.8 Å². The minimum Gasteiger partial charge on any atom is -0.328 e. The standard InChI is InChI=1S/C8H10N2OS2/c1-6-9-4-7(13-6)8(11)10-2-3-12-5-10/h4H,2-3,5H2,1H3. The quantitative estimate of drug-likeness (QED) is 0.712. The highest BCUT2D eigenvalue weighted by Gasteiger charge is 2.21. The topological polar surface area (TPSA) is 33.2 Å². The second-order valence-electron chi connectivity index (χ2n) is 2.85. The van der Waals surface area contributed by atoms with Crippen LogP contribution in [0, 0.1) is 6.92 Å². The Balaban J connectivity index is 2.12. The second kappa shape index (κ2) is 3.67. The van der Waals surface area contributed by atoms with Crippen molar-refractivity contribution in [3.05, 3.63) is 16.1 Å². The molecule has 2 rings (SSSR count). The summed E-state index contributed by atoms with van der Waals surface area (Å²) in [4.78, 5) is 18.5. The van der Waals surface area contributed by atoms with Crippen LogP contribution in [0.3, 0.4) is 0 Å². The summed E-state index contributed by atoms with van der Waals surface area (Å²) in [6.07, 6.45) is 1.67. The van der Waals surface area contributed by atoms with Gasteiger partial charge in [0.2, 0.25) is 0 Å². The van der Waals surface area contributed by atoms with Gasteiger partial charge in [0.25, 0.3) is 5.91 Å². The molecule has 1 saturated heterocycles. The molecule has 0 atom stereocenters. The lowest BCUT2D eigenvalue weighted by molar-refractivity contribution is 0.0807. The van der Waals surface area contributed by atoms with Crippen LogP contribution in [-0.4, -0.2) is 34.0 Å². The summed E-state index contributed by atoms with van der Waals surface area (Å²) in [6.45, 7) is 2.79. The Morgan fingerprint density at radius 2 is 2.54 bits per heavy atom. The maximum Gasteiger partial charge on any atom is 0.266 e. The Morgan fingerprint density at radius 3 is 3.08 bits per heavy atom. The van der Waals surface area contributed by atoms with Crippen molar-refractivity contribution in [3.63, 3.8) is 0 Å². The predicted octanol–water partition coefficient (Wildman–Crippen LogP) is 1.60. The van der Waals surface area contributed by atoms with Crippen LogP contribution in [0.1, 0.15) is 14.7 Å². The van der Waals surface area contributed by atoms with Crippen molar-refractivity contribution in [1.29, 1.82) is 0 Å². The van der Waals surface area contributed by atoms with E-state index in [0.29, 0.717) is 0 Å². The lowest BCUT2D eigenvalue weighted by atomic mass is 10.4. The first-order valence-corrected chi connectivity index (χ1v) is 6.04. The van der Waals surface area contributed by atoms with Gasteiger partial charge in [-0.25, -0.2) is 4.98 Å². The molecule has 0 spiro atoms. The van der Waals surface area contributed by atoms with E-state index >= 15 is 0 Å². The summed E-state index contributed by atoms with van der Waals surface area (Å²) in [5, 5.41) is 0.954. The zero-order valence-corrected chi connectivity index (χ0v) is 8.95. The van der Waals surface area contributed by atoms with Crippen LogP contribution in [0.2, 0.25) is 0 Å². The normalized spacial score (nSPS) is 16.5. The van der Waals surface area contributed by atoms with Crippen LogP contribution in [-0.2, 0) is 0 Å². The lowest BCUT2D eigenvalue weighted by Gasteiger charge is -2.11. The van der Waals surface area contributed by atoms with Gasteiger partial charge in [0.05, 0.1) is 17.1 Å². The third kappa shape index (κ3) is 1.86. The Morgan fingerprint density at radius 1 is 1.69 bits per heavy atom. The molecule has 70 valence electrons. The smallest absolute Gasteiger partial charge is 0.266 e. The summed E-state index contributed by atoms with van der Waals surface area (Å²) in [6, 6.07) is 0. The molecule has 1 aliphatic rings. The van der Waals surface area contributed by atoms with Gasteiger partial charge in [-0.1, -0.05) is 0 Å². The molecule has 0 aliphatic carbocycles. The summed E-state index contributed by atoms with van der Waals surface area (Å²) in [5.74, 6) is 2.02. The average molecular weight is 214 g/mol. The predicted molar refractivity (Wildman–Crippen MR) is 55.2 cm³/mol. The number of hydrogen-bond acceptors (Lipinski definition) is 4. The van der Waals surface area contributed by atoms with Gasteiger partial charge in [0.15, 0.2) is 0 Å². The number of carbonyl (C=O) groups is 1. The molecule has 0 radical (unpaired) electrons. The van der Waals surface area contributed by atoms with Gasteiger partial charge in [0, 0.05) is 12.3 Å². The number of hydrogen-bond donors (Lipinski definition) is 0. The van der Waals surface area contributed by atoms with Crippen molar-refractivity contribution >= 4 is 29.0 Å². The average Bonchev–Trinajstić information content (AvgIpc) is 2.72. The van der Waals surface area contributed by atoms with Crippen molar-refractivity contribution in [1.82, 2.24) is 9.88 Å². The molecular weight excluding hydrogens is 204 g/mol. The molecule has 1 amide bonds. The zero-order chi connectivity index (χ0) is 9.26. The van der Waals surface area contributed by atoms with Crippen molar-refractivity contribution in [2.45, 2.75) is 6.92 Å². The number of thioether (sulfide) groups is 1. The highest BCUT2D eigenvalue weighted by atomic mass is 32.2. The maximum absolute atomic E-state index is 11.7. The van der Waals surface area contributed by atoms with E-state index in [4.69, 9.17) is 0 Å². The minimum absolute atomic E-state index is 0.135. The SMILES string of the molecule is Cc1ncc(C(=O)N2CCSC2)s1. The number of aromatic nitrogens is 1. The fourth-order valence-corrected chi connectivity index (χ4v) is 2.88. The minimum atomic E-state index is 0.135. The van der Waals surface area contributed by atoms with Crippen LogP contribution >= 0.6 is 23.1 Å². The summed E-state index contributed by atoms with van der Waals surface area (Å²) >= 11 is 3.27. The number of carbonyl (C=O) groups excluding carboxylic acids is 1. The summed E-state index contributed by atoms with van der Waals surface area (Å²) < 4.78 is 0. The van der Waals surface area contributed by atoms with Gasteiger partial charge in [-0.15, -0.1) is 23.1 Å². The fraction of sp³-hybridized carbons (Fsp3) is 0.500. The third-order valence-electron chi connectivity index (χ3n) is 1.87. The van der Waals surface area contributed by atoms with Gasteiger partial charge < -0.3 is 4.90 Å². The van der Waals surface area contributed by atoms with E-state index in [1.54, 1.807) is 18.0 Å². The maximum atomic E-state index is 11.7. The van der Waals surface area contributed by atoms with Crippen LogP contribution in [0.5, 0.6) is 0 Å². The van der Waals surface area contributed by atoms with E-state index in [9.17, 15) is 4.79 Å². The first kappa shape index (κ1) is 9.02. The highest BCUT2D eigenvalue weighted by molar-refractivity contribution is 7.99. The van der Waals surface area contributed by atoms with Gasteiger partial charge >= 0.3 is 0 Å². The van der Waals surface area contributed by atoms with Crippen LogP contribution in [0.4, 0.5) is 0 Å². The second-order valence-corrected chi connectivity index (χ2v) is 5.16. The molecule has 0 bridgehead atoms. The lowest BCUT2D eigenvalue weighted by Crippen LogP contribution is -2.26. The fourth-order valence-electron chi connectivity index (χ4n) is 1.19. The molecule has 1 aliphatic heterocycles. The van der Waals surface area contributed by atoms with Gasteiger partial charge in [-0.05, 0) is 6.92 Å². The number of rotatable bonds is 1. The highest BCUT2D eigenvalue weighted by Crippen LogP contribution is 2.19. The molecule has 1 fully saturated rings. The Hall–Kier alpha value is -0.550. The number of amides is 1. The molecule has 0 saturated carbocycles. The van der Waals surface area contributed by atoms with Gasteiger partial charge in [-0.3, -0.25) is 4.79 Å². The van der Waals surface area contributed by atoms with E-state index in [0.717, 1.165) is 28.1 Å². The van der Waals surface area contributed by atoms with Crippen molar-refractivity contribution in [2.24, 2.45) is 0 Å². The van der Waals surface area contributed by atoms with Crippen LogP contribution in [0.25, 0.3) is 0 Å². The molecule has 3 nitrogen and oxygen atoms in total. The van der Waals surface area contributed by atoms with E-state index < -0.39 is 0 Å². The monoisotopic (exact) mass is 214 g/mol. The van der Waals surface area contributed by atoms with Crippen molar-refractivity contribution < 1.29 is 4.79 Å². The molecule has 0 aromatic carbocycles. The molecule has 0 unspecified atom stereocenters. The first-order chi connectivity index (χ1) is 6.27. The number of thiazole rings is 1. The first-order valence-electron chi connectivity index (χ1n) is 4.07. The third-order valence-corrected chi connectivity index (χ3v) is 3.74. The number of aryl methyl sites for hydroxylation is 1. The Bertz CT molecular complexity index is 318. The molecular formula is C8H10N2OS2. The zero-order valence-electron chi connectivity index (χ0n) is 7.32. The van der Waals surface area contributed by atoms with E-state index in [-0.39, 0.29) is 5.91 Å². The van der Waals surface area contributed by atoms with E-state index in [1.165, 1.54) is 11.3 Å². The van der Waals surface area contributed by atoms with Crippen molar-refractivity contribution in [3.8, 4) is 0 Å². The number of nitrogens with zero attached hydrogens (tertiary/aromatic N) is 2. The Labute approximate surface area is 85.2 Å². The van der Waals surface area contributed by atoms with Crippen LogP contribution < -0.4 is 0 Å². The van der Waals surface area contributed by atoms with Crippen molar-refractivity contribution in [2.75, 3.05) is 18.2 Å².